The van der Waals surface area contributed by atoms with E-state index in [1.165, 1.54) is 12.5 Å². The van der Waals surface area contributed by atoms with Crippen LogP contribution in [0.5, 0.6) is 5.75 Å². The molecule has 0 unspecified atom stereocenters. The molecule has 0 bridgehead atoms. The highest BCUT2D eigenvalue weighted by Crippen LogP contribution is 2.15. The number of hydrogen-bond acceptors (Lipinski definition) is 6. The molecular weight excluding hydrogens is 410 g/mol. The SMILES string of the molecule is COc1ccc(/C=N\NC(=O)[C@H](Cc2cnc[nH]2)NC(=O)OCc2ccccc2)c(C)c1. The van der Waals surface area contributed by atoms with Crippen LogP contribution in [0.3, 0.4) is 0 Å². The van der Waals surface area contributed by atoms with Gasteiger partial charge in [0.15, 0.2) is 0 Å². The van der Waals surface area contributed by atoms with Gasteiger partial charge in [0.05, 0.1) is 19.7 Å². The third-order valence-electron chi connectivity index (χ3n) is 4.66. The second kappa shape index (κ2) is 11.3. The van der Waals surface area contributed by atoms with Gasteiger partial charge in [-0.3, -0.25) is 4.79 Å². The van der Waals surface area contributed by atoms with Crippen LogP contribution in [-0.4, -0.2) is 41.3 Å². The number of benzene rings is 2. The number of nitrogens with one attached hydrogen (secondary N) is 3. The highest BCUT2D eigenvalue weighted by molar-refractivity contribution is 5.88. The molecule has 1 atom stereocenters. The summed E-state index contributed by atoms with van der Waals surface area (Å²) < 4.78 is 10.4. The van der Waals surface area contributed by atoms with E-state index in [-0.39, 0.29) is 13.0 Å². The topological polar surface area (TPSA) is 118 Å². The molecule has 0 aliphatic heterocycles. The van der Waals surface area contributed by atoms with E-state index in [4.69, 9.17) is 9.47 Å². The molecule has 32 heavy (non-hydrogen) atoms. The predicted octanol–water partition coefficient (Wildman–Crippen LogP) is 2.71. The average molecular weight is 435 g/mol. The summed E-state index contributed by atoms with van der Waals surface area (Å²) in [5, 5.41) is 6.61. The number of aromatic nitrogens is 2. The Morgan fingerprint density at radius 1 is 1.22 bits per heavy atom. The zero-order valence-corrected chi connectivity index (χ0v) is 17.9. The molecule has 2 aromatic carbocycles. The van der Waals surface area contributed by atoms with Gasteiger partial charge in [-0.2, -0.15) is 5.10 Å². The van der Waals surface area contributed by atoms with Crippen molar-refractivity contribution in [3.63, 3.8) is 0 Å². The number of imidazole rings is 1. The number of rotatable bonds is 9. The largest absolute Gasteiger partial charge is 0.497 e. The maximum atomic E-state index is 12.7. The molecule has 0 radical (unpaired) electrons. The number of alkyl carbamates (subject to hydrolysis) is 1. The number of hydrogen-bond donors (Lipinski definition) is 3. The van der Waals surface area contributed by atoms with E-state index in [1.54, 1.807) is 13.3 Å². The van der Waals surface area contributed by atoms with E-state index in [2.05, 4.69) is 25.8 Å². The quantitative estimate of drug-likeness (QED) is 0.353. The van der Waals surface area contributed by atoms with Gasteiger partial charge in [0.25, 0.3) is 5.91 Å². The zero-order chi connectivity index (χ0) is 22.8. The monoisotopic (exact) mass is 435 g/mol. The number of aromatic amines is 1. The van der Waals surface area contributed by atoms with Crippen LogP contribution < -0.4 is 15.5 Å². The molecule has 166 valence electrons. The van der Waals surface area contributed by atoms with Crippen LogP contribution in [0, 0.1) is 6.92 Å². The fourth-order valence-electron chi connectivity index (χ4n) is 2.90. The molecule has 1 heterocycles. The van der Waals surface area contributed by atoms with Gasteiger partial charge in [-0.1, -0.05) is 30.3 Å². The zero-order valence-electron chi connectivity index (χ0n) is 17.9. The molecule has 2 amide bonds. The third kappa shape index (κ3) is 6.69. The van der Waals surface area contributed by atoms with Crippen molar-refractivity contribution in [2.24, 2.45) is 5.10 Å². The number of carbonyl (C=O) groups is 2. The first kappa shape index (κ1) is 22.5. The van der Waals surface area contributed by atoms with Gasteiger partial charge in [0, 0.05) is 18.3 Å². The number of aryl methyl sites for hydroxylation is 1. The second-order valence-corrected chi connectivity index (χ2v) is 7.00. The Balaban J connectivity index is 1.61. The number of methoxy groups -OCH3 is 1. The summed E-state index contributed by atoms with van der Waals surface area (Å²) in [4.78, 5) is 31.8. The second-order valence-electron chi connectivity index (χ2n) is 7.00. The van der Waals surface area contributed by atoms with Crippen LogP contribution in [0.4, 0.5) is 4.79 Å². The van der Waals surface area contributed by atoms with Crippen molar-refractivity contribution in [1.29, 1.82) is 0 Å². The van der Waals surface area contributed by atoms with Gasteiger partial charge in [-0.25, -0.2) is 15.2 Å². The molecule has 9 heteroatoms. The van der Waals surface area contributed by atoms with Gasteiger partial charge >= 0.3 is 6.09 Å². The lowest BCUT2D eigenvalue weighted by Crippen LogP contribution is -2.47. The number of carbonyl (C=O) groups excluding carboxylic acids is 2. The molecule has 0 fully saturated rings. The van der Waals surface area contributed by atoms with Gasteiger partial charge < -0.3 is 19.8 Å². The van der Waals surface area contributed by atoms with Gasteiger partial charge in [0.1, 0.15) is 18.4 Å². The molecule has 0 aliphatic rings. The number of ether oxygens (including phenoxy) is 2. The minimum absolute atomic E-state index is 0.0972. The van der Waals surface area contributed by atoms with E-state index in [0.717, 1.165) is 22.4 Å². The van der Waals surface area contributed by atoms with Gasteiger partial charge in [-0.05, 0) is 41.8 Å². The first-order chi connectivity index (χ1) is 15.5. The molecular formula is C23H25N5O4. The van der Waals surface area contributed by atoms with E-state index < -0.39 is 18.0 Å². The molecule has 1 aromatic heterocycles. The van der Waals surface area contributed by atoms with E-state index in [1.807, 2.05) is 55.5 Å². The Labute approximate surface area is 185 Å². The Morgan fingerprint density at radius 3 is 2.72 bits per heavy atom. The van der Waals surface area contributed by atoms with Gasteiger partial charge in [0.2, 0.25) is 0 Å². The predicted molar refractivity (Wildman–Crippen MR) is 119 cm³/mol. The van der Waals surface area contributed by atoms with Crippen LogP contribution in [-0.2, 0) is 22.6 Å². The van der Waals surface area contributed by atoms with Crippen LogP contribution in [0.15, 0.2) is 66.2 Å². The van der Waals surface area contributed by atoms with Crippen LogP contribution in [0.2, 0.25) is 0 Å². The first-order valence-corrected chi connectivity index (χ1v) is 9.97. The molecule has 9 nitrogen and oxygen atoms in total. The summed E-state index contributed by atoms with van der Waals surface area (Å²) in [5.41, 5.74) is 5.77. The van der Waals surface area contributed by atoms with Crippen molar-refractivity contribution in [2.45, 2.75) is 26.0 Å². The normalized spacial score (nSPS) is 11.7. The summed E-state index contributed by atoms with van der Waals surface area (Å²) in [6.45, 7) is 2.01. The molecule has 0 saturated carbocycles. The fourth-order valence-corrected chi connectivity index (χ4v) is 2.90. The number of hydrazone groups is 1. The lowest BCUT2D eigenvalue weighted by Gasteiger charge is -2.16. The average Bonchev–Trinajstić information content (AvgIpc) is 3.32. The van der Waals surface area contributed by atoms with Crippen LogP contribution in [0.1, 0.15) is 22.4 Å². The van der Waals surface area contributed by atoms with Crippen molar-refractivity contribution in [3.8, 4) is 5.75 Å². The van der Waals surface area contributed by atoms with Crippen molar-refractivity contribution in [3.05, 3.63) is 83.4 Å². The molecule has 0 saturated heterocycles. The molecule has 3 rings (SSSR count). The Morgan fingerprint density at radius 2 is 2.03 bits per heavy atom. The van der Waals surface area contributed by atoms with Crippen LogP contribution in [0.25, 0.3) is 0 Å². The molecule has 0 aliphatic carbocycles. The number of H-pyrrole nitrogens is 1. The van der Waals surface area contributed by atoms with Crippen molar-refractivity contribution < 1.29 is 19.1 Å². The fraction of sp³-hybridized carbons (Fsp3) is 0.217. The standard InChI is InChI=1S/C23H25N5O4/c1-16-10-20(31-2)9-8-18(16)12-26-28-22(29)21(11-19-13-24-15-25-19)27-23(30)32-14-17-6-4-3-5-7-17/h3-10,12-13,15,21H,11,14H2,1-2H3,(H,24,25)(H,27,30)(H,28,29)/b26-12-/t21-/m0/s1. The lowest BCUT2D eigenvalue weighted by atomic mass is 10.1. The Hall–Kier alpha value is -4.14. The van der Waals surface area contributed by atoms with E-state index in [9.17, 15) is 9.59 Å². The summed E-state index contributed by atoms with van der Waals surface area (Å²) in [6.07, 6.45) is 4.12. The Kier molecular flexibility index (Phi) is 7.96. The molecule has 3 N–H and O–H groups in total. The van der Waals surface area contributed by atoms with Crippen molar-refractivity contribution in [1.82, 2.24) is 20.7 Å². The van der Waals surface area contributed by atoms with Gasteiger partial charge in [-0.15, -0.1) is 0 Å². The summed E-state index contributed by atoms with van der Waals surface area (Å²) in [5.74, 6) is 0.250. The summed E-state index contributed by atoms with van der Waals surface area (Å²) in [7, 11) is 1.60. The third-order valence-corrected chi connectivity index (χ3v) is 4.66. The Bertz CT molecular complexity index is 1050. The summed E-state index contributed by atoms with van der Waals surface area (Å²) in [6, 6.07) is 13.9. The van der Waals surface area contributed by atoms with Crippen LogP contribution >= 0.6 is 0 Å². The van der Waals surface area contributed by atoms with Crippen molar-refractivity contribution >= 4 is 18.2 Å². The first-order valence-electron chi connectivity index (χ1n) is 9.97. The smallest absolute Gasteiger partial charge is 0.408 e. The van der Waals surface area contributed by atoms with Crippen molar-refractivity contribution in [2.75, 3.05) is 7.11 Å². The van der Waals surface area contributed by atoms with E-state index >= 15 is 0 Å². The molecule has 0 spiro atoms. The minimum atomic E-state index is -0.909. The maximum Gasteiger partial charge on any atom is 0.408 e. The lowest BCUT2D eigenvalue weighted by molar-refractivity contribution is -0.123. The highest BCUT2D eigenvalue weighted by atomic mass is 16.5. The minimum Gasteiger partial charge on any atom is -0.497 e. The number of amides is 2. The summed E-state index contributed by atoms with van der Waals surface area (Å²) >= 11 is 0. The number of nitrogens with zero attached hydrogens (tertiary/aromatic N) is 2. The highest BCUT2D eigenvalue weighted by Gasteiger charge is 2.22. The maximum absolute atomic E-state index is 12.7. The molecule has 3 aromatic rings. The van der Waals surface area contributed by atoms with E-state index in [0.29, 0.717) is 5.69 Å².